The van der Waals surface area contributed by atoms with Crippen LogP contribution in [0.4, 0.5) is 0 Å². The second-order valence-corrected chi connectivity index (χ2v) is 6.56. The highest BCUT2D eigenvalue weighted by atomic mass is 32.2. The van der Waals surface area contributed by atoms with Crippen molar-refractivity contribution in [2.24, 2.45) is 0 Å². The summed E-state index contributed by atoms with van der Waals surface area (Å²) < 4.78 is 27.3. The van der Waals surface area contributed by atoms with Gasteiger partial charge in [-0.1, -0.05) is 42.5 Å². The van der Waals surface area contributed by atoms with Crippen molar-refractivity contribution >= 4 is 20.9 Å². The van der Waals surface area contributed by atoms with Gasteiger partial charge in [-0.2, -0.15) is 0 Å². The second-order valence-electron chi connectivity index (χ2n) is 4.77. The van der Waals surface area contributed by atoms with E-state index in [0.717, 1.165) is 11.1 Å². The SMILES string of the molecule is C=CCc1cc2ccccc2n1S(=O)(=O)c1ccccc1. The van der Waals surface area contributed by atoms with Crippen molar-refractivity contribution < 1.29 is 8.42 Å². The van der Waals surface area contributed by atoms with Crippen LogP contribution in [-0.4, -0.2) is 12.4 Å². The average Bonchev–Trinajstić information content (AvgIpc) is 2.87. The molecule has 0 amide bonds. The Morgan fingerprint density at radius 2 is 1.67 bits per heavy atom. The van der Waals surface area contributed by atoms with E-state index in [2.05, 4.69) is 6.58 Å². The van der Waals surface area contributed by atoms with Crippen LogP contribution in [0.25, 0.3) is 10.9 Å². The third kappa shape index (κ3) is 2.28. The first-order valence-electron chi connectivity index (χ1n) is 6.65. The lowest BCUT2D eigenvalue weighted by atomic mass is 10.2. The van der Waals surface area contributed by atoms with Crippen LogP contribution in [0.15, 0.2) is 78.2 Å². The van der Waals surface area contributed by atoms with E-state index in [0.29, 0.717) is 11.9 Å². The Morgan fingerprint density at radius 1 is 1.00 bits per heavy atom. The zero-order valence-corrected chi connectivity index (χ0v) is 12.3. The minimum atomic E-state index is -3.61. The van der Waals surface area contributed by atoms with Crippen molar-refractivity contribution in [3.63, 3.8) is 0 Å². The molecule has 1 aromatic heterocycles. The van der Waals surface area contributed by atoms with Gasteiger partial charge in [0.25, 0.3) is 10.0 Å². The smallest absolute Gasteiger partial charge is 0.238 e. The lowest BCUT2D eigenvalue weighted by molar-refractivity contribution is 0.587. The van der Waals surface area contributed by atoms with E-state index in [9.17, 15) is 8.42 Å². The largest absolute Gasteiger partial charge is 0.268 e. The first-order chi connectivity index (χ1) is 10.1. The standard InChI is InChI=1S/C17H15NO2S/c1-2-8-15-13-14-9-6-7-12-17(14)18(15)21(19,20)16-10-4-3-5-11-16/h2-7,9-13H,1,8H2. The summed E-state index contributed by atoms with van der Waals surface area (Å²) in [5.74, 6) is 0. The van der Waals surface area contributed by atoms with Gasteiger partial charge in [0.15, 0.2) is 0 Å². The molecule has 0 radical (unpaired) electrons. The Bertz CT molecular complexity index is 893. The van der Waals surface area contributed by atoms with Crippen molar-refractivity contribution in [3.8, 4) is 0 Å². The van der Waals surface area contributed by atoms with Crippen molar-refractivity contribution in [2.45, 2.75) is 11.3 Å². The molecule has 2 aromatic carbocycles. The lowest BCUT2D eigenvalue weighted by Gasteiger charge is -2.11. The highest BCUT2D eigenvalue weighted by Gasteiger charge is 2.21. The molecule has 3 rings (SSSR count). The quantitative estimate of drug-likeness (QED) is 0.690. The second kappa shape index (κ2) is 5.22. The molecule has 0 aliphatic heterocycles. The van der Waals surface area contributed by atoms with Crippen LogP contribution in [0.1, 0.15) is 5.69 Å². The van der Waals surface area contributed by atoms with Crippen molar-refractivity contribution in [2.75, 3.05) is 0 Å². The summed E-state index contributed by atoms with van der Waals surface area (Å²) in [6.45, 7) is 3.71. The third-order valence-electron chi connectivity index (χ3n) is 3.37. The number of nitrogens with zero attached hydrogens (tertiary/aromatic N) is 1. The monoisotopic (exact) mass is 297 g/mol. The van der Waals surface area contributed by atoms with Gasteiger partial charge in [0, 0.05) is 17.5 Å². The maximum Gasteiger partial charge on any atom is 0.268 e. The summed E-state index contributed by atoms with van der Waals surface area (Å²) in [4.78, 5) is 0.289. The number of hydrogen-bond donors (Lipinski definition) is 0. The van der Waals surface area contributed by atoms with Crippen LogP contribution in [0.5, 0.6) is 0 Å². The van der Waals surface area contributed by atoms with Crippen LogP contribution in [0.2, 0.25) is 0 Å². The van der Waals surface area contributed by atoms with Crippen LogP contribution in [0.3, 0.4) is 0 Å². The van der Waals surface area contributed by atoms with Crippen molar-refractivity contribution in [3.05, 3.63) is 79.0 Å². The number of allylic oxidation sites excluding steroid dienone is 1. The van der Waals surface area contributed by atoms with Gasteiger partial charge in [0.2, 0.25) is 0 Å². The molecule has 0 N–H and O–H groups in total. The fourth-order valence-electron chi connectivity index (χ4n) is 2.46. The van der Waals surface area contributed by atoms with E-state index in [1.807, 2.05) is 30.3 Å². The van der Waals surface area contributed by atoms with Crippen molar-refractivity contribution in [1.29, 1.82) is 0 Å². The molecule has 0 aliphatic carbocycles. The summed E-state index contributed by atoms with van der Waals surface area (Å²) >= 11 is 0. The normalized spacial score (nSPS) is 11.6. The molecule has 3 nitrogen and oxygen atoms in total. The van der Waals surface area contributed by atoms with Gasteiger partial charge in [-0.05, 0) is 24.3 Å². The summed E-state index contributed by atoms with van der Waals surface area (Å²) in [5, 5.41) is 0.911. The summed E-state index contributed by atoms with van der Waals surface area (Å²) in [6, 6.07) is 17.9. The van der Waals surface area contributed by atoms with E-state index in [-0.39, 0.29) is 4.90 Å². The molecule has 106 valence electrons. The molecule has 1 heterocycles. The molecule has 0 saturated carbocycles. The average molecular weight is 297 g/mol. The Balaban J connectivity index is 2.33. The number of para-hydroxylation sites is 1. The minimum absolute atomic E-state index is 0.289. The predicted molar refractivity (Wildman–Crippen MR) is 84.9 cm³/mol. The molecule has 0 fully saturated rings. The number of hydrogen-bond acceptors (Lipinski definition) is 2. The fraction of sp³-hybridized carbons (Fsp3) is 0.0588. The zero-order valence-electron chi connectivity index (χ0n) is 11.4. The molecule has 4 heteroatoms. The molecular formula is C17H15NO2S. The number of benzene rings is 2. The molecule has 0 atom stereocenters. The molecule has 21 heavy (non-hydrogen) atoms. The van der Waals surface area contributed by atoms with Gasteiger partial charge >= 0.3 is 0 Å². The number of rotatable bonds is 4. The van der Waals surface area contributed by atoms with Gasteiger partial charge < -0.3 is 0 Å². The van der Waals surface area contributed by atoms with Gasteiger partial charge in [0.05, 0.1) is 10.4 Å². The first kappa shape index (κ1) is 13.6. The number of aromatic nitrogens is 1. The van der Waals surface area contributed by atoms with Crippen LogP contribution < -0.4 is 0 Å². The molecule has 0 bridgehead atoms. The van der Waals surface area contributed by atoms with E-state index >= 15 is 0 Å². The van der Waals surface area contributed by atoms with Gasteiger partial charge in [0.1, 0.15) is 0 Å². The van der Waals surface area contributed by atoms with Crippen molar-refractivity contribution in [1.82, 2.24) is 3.97 Å². The highest BCUT2D eigenvalue weighted by Crippen LogP contribution is 2.26. The first-order valence-corrected chi connectivity index (χ1v) is 8.09. The van der Waals surface area contributed by atoms with Crippen LogP contribution in [0, 0.1) is 0 Å². The Kier molecular flexibility index (Phi) is 3.39. The predicted octanol–water partition coefficient (Wildman–Crippen LogP) is 3.61. The highest BCUT2D eigenvalue weighted by molar-refractivity contribution is 7.90. The molecule has 0 spiro atoms. The van der Waals surface area contributed by atoms with Crippen LogP contribution >= 0.6 is 0 Å². The van der Waals surface area contributed by atoms with Gasteiger partial charge in [-0.15, -0.1) is 6.58 Å². The third-order valence-corrected chi connectivity index (χ3v) is 5.15. The van der Waals surface area contributed by atoms with E-state index < -0.39 is 10.0 Å². The van der Waals surface area contributed by atoms with Crippen LogP contribution in [-0.2, 0) is 16.4 Å². The van der Waals surface area contributed by atoms with E-state index in [1.54, 1.807) is 36.4 Å². The Labute approximate surface area is 124 Å². The maximum absolute atomic E-state index is 12.9. The van der Waals surface area contributed by atoms with Gasteiger partial charge in [-0.25, -0.2) is 12.4 Å². The minimum Gasteiger partial charge on any atom is -0.238 e. The summed E-state index contributed by atoms with van der Waals surface area (Å²) in [6.07, 6.45) is 2.21. The fourth-order valence-corrected chi connectivity index (χ4v) is 4.03. The van der Waals surface area contributed by atoms with Gasteiger partial charge in [-0.3, -0.25) is 0 Å². The molecule has 0 saturated heterocycles. The molecule has 0 aliphatic rings. The molecular weight excluding hydrogens is 282 g/mol. The van der Waals surface area contributed by atoms with E-state index in [1.165, 1.54) is 3.97 Å². The Morgan fingerprint density at radius 3 is 2.38 bits per heavy atom. The molecule has 3 aromatic rings. The maximum atomic E-state index is 12.9. The number of fused-ring (bicyclic) bond motifs is 1. The zero-order chi connectivity index (χ0) is 14.9. The topological polar surface area (TPSA) is 39.1 Å². The summed E-state index contributed by atoms with van der Waals surface area (Å²) in [5.41, 5.74) is 1.41. The Hall–Kier alpha value is -2.33. The lowest BCUT2D eigenvalue weighted by Crippen LogP contribution is -2.15. The van der Waals surface area contributed by atoms with E-state index in [4.69, 9.17) is 0 Å². The molecule has 0 unspecified atom stereocenters. The summed E-state index contributed by atoms with van der Waals surface area (Å²) in [7, 11) is -3.61.